The van der Waals surface area contributed by atoms with Crippen LogP contribution in [0.25, 0.3) is 0 Å². The van der Waals surface area contributed by atoms with Gasteiger partial charge in [-0.25, -0.2) is 0 Å². The molecule has 1 heterocycles. The highest BCUT2D eigenvalue weighted by Crippen LogP contribution is 2.31. The molecule has 1 amide bonds. The van der Waals surface area contributed by atoms with Gasteiger partial charge in [-0.3, -0.25) is 4.79 Å². The lowest BCUT2D eigenvalue weighted by atomic mass is 10.1. The van der Waals surface area contributed by atoms with Crippen molar-refractivity contribution < 1.29 is 14.3 Å². The summed E-state index contributed by atoms with van der Waals surface area (Å²) in [6.07, 6.45) is 1.08. The van der Waals surface area contributed by atoms with E-state index in [-0.39, 0.29) is 5.91 Å². The van der Waals surface area contributed by atoms with Crippen LogP contribution in [0.15, 0.2) is 46.9 Å². The van der Waals surface area contributed by atoms with Crippen LogP contribution in [0, 0.1) is 0 Å². The van der Waals surface area contributed by atoms with Gasteiger partial charge in [-0.1, -0.05) is 18.2 Å². The first-order chi connectivity index (χ1) is 10.7. The Labute approximate surface area is 137 Å². The van der Waals surface area contributed by atoms with Crippen LogP contribution in [0.2, 0.25) is 0 Å². The highest BCUT2D eigenvalue weighted by Gasteiger charge is 2.12. The summed E-state index contributed by atoms with van der Waals surface area (Å²) in [6.45, 7) is 1.15. The van der Waals surface area contributed by atoms with E-state index >= 15 is 0 Å². The van der Waals surface area contributed by atoms with Crippen molar-refractivity contribution in [1.29, 1.82) is 0 Å². The third-order valence-corrected chi connectivity index (χ3v) is 4.09. The fourth-order valence-corrected chi connectivity index (χ4v) is 2.66. The Bertz CT molecular complexity index is 687. The Morgan fingerprint density at radius 1 is 1.09 bits per heavy atom. The number of halogens is 1. The van der Waals surface area contributed by atoms with Crippen molar-refractivity contribution in [1.82, 2.24) is 0 Å². The average Bonchev–Trinajstić information content (AvgIpc) is 2.55. The summed E-state index contributed by atoms with van der Waals surface area (Å²) >= 11 is 3.42. The van der Waals surface area contributed by atoms with E-state index in [2.05, 4.69) is 21.2 Å². The number of ether oxygens (including phenoxy) is 2. The molecule has 22 heavy (non-hydrogen) atoms. The number of amides is 1. The molecule has 0 fully saturated rings. The monoisotopic (exact) mass is 361 g/mol. The summed E-state index contributed by atoms with van der Waals surface area (Å²) in [5, 5.41) is 2.90. The third kappa shape index (κ3) is 3.60. The van der Waals surface area contributed by atoms with E-state index in [1.807, 2.05) is 42.5 Å². The molecule has 5 heteroatoms. The van der Waals surface area contributed by atoms with Gasteiger partial charge in [-0.2, -0.15) is 0 Å². The molecule has 0 spiro atoms. The van der Waals surface area contributed by atoms with Crippen LogP contribution in [0.4, 0.5) is 5.69 Å². The Morgan fingerprint density at radius 2 is 1.86 bits per heavy atom. The van der Waals surface area contributed by atoms with Crippen LogP contribution in [0.1, 0.15) is 12.0 Å². The summed E-state index contributed by atoms with van der Waals surface area (Å²) in [5.41, 5.74) is 1.85. The Kier molecular flexibility index (Phi) is 4.63. The predicted molar refractivity (Wildman–Crippen MR) is 88.5 cm³/mol. The molecule has 0 atom stereocenters. The number of rotatable bonds is 4. The van der Waals surface area contributed by atoms with Crippen molar-refractivity contribution in [3.05, 3.63) is 52.5 Å². The molecule has 4 nitrogen and oxygen atoms in total. The van der Waals surface area contributed by atoms with Crippen LogP contribution in [0.5, 0.6) is 11.5 Å². The van der Waals surface area contributed by atoms with Crippen molar-refractivity contribution in [2.45, 2.75) is 12.8 Å². The predicted octanol–water partition coefficient (Wildman–Crippen LogP) is 3.79. The molecule has 2 aromatic rings. The summed E-state index contributed by atoms with van der Waals surface area (Å²) in [6, 6.07) is 13.4. The number of nitrogens with one attached hydrogen (secondary N) is 1. The summed E-state index contributed by atoms with van der Waals surface area (Å²) in [5.74, 6) is 1.52. The van der Waals surface area contributed by atoms with Gasteiger partial charge in [0.25, 0.3) is 0 Å². The zero-order valence-corrected chi connectivity index (χ0v) is 13.6. The number of hydrogen-bond acceptors (Lipinski definition) is 3. The smallest absolute Gasteiger partial charge is 0.224 e. The van der Waals surface area contributed by atoms with E-state index in [4.69, 9.17) is 9.47 Å². The maximum absolute atomic E-state index is 12.0. The standard InChI is InChI=1S/C17H16BrNO3/c18-13-3-1-2-4-14(13)19-17(20)8-6-12-5-7-15-16(11-12)22-10-9-21-15/h1-5,7,11H,6,8-10H2,(H,19,20). The molecule has 114 valence electrons. The quantitative estimate of drug-likeness (QED) is 0.900. The minimum absolute atomic E-state index is 0.0122. The third-order valence-electron chi connectivity index (χ3n) is 3.40. The van der Waals surface area contributed by atoms with Crippen LogP contribution in [0.3, 0.4) is 0 Å². The van der Waals surface area contributed by atoms with Crippen molar-refractivity contribution in [3.63, 3.8) is 0 Å². The highest BCUT2D eigenvalue weighted by molar-refractivity contribution is 9.10. The number of carbonyl (C=O) groups excluding carboxylic acids is 1. The van der Waals surface area contributed by atoms with E-state index in [0.717, 1.165) is 27.2 Å². The fourth-order valence-electron chi connectivity index (χ4n) is 2.28. The number of benzene rings is 2. The first-order valence-corrected chi connectivity index (χ1v) is 7.94. The van der Waals surface area contributed by atoms with E-state index in [0.29, 0.717) is 26.1 Å². The SMILES string of the molecule is O=C(CCc1ccc2c(c1)OCCO2)Nc1ccccc1Br. The lowest BCUT2D eigenvalue weighted by Gasteiger charge is -2.18. The number of aryl methyl sites for hydroxylation is 1. The van der Waals surface area contributed by atoms with E-state index in [1.165, 1.54) is 0 Å². The van der Waals surface area contributed by atoms with Crippen molar-refractivity contribution in [2.24, 2.45) is 0 Å². The minimum Gasteiger partial charge on any atom is -0.486 e. The van der Waals surface area contributed by atoms with Gasteiger partial charge in [-0.15, -0.1) is 0 Å². The maximum atomic E-state index is 12.0. The molecule has 1 N–H and O–H groups in total. The summed E-state index contributed by atoms with van der Waals surface area (Å²) in [7, 11) is 0. The molecule has 1 aliphatic rings. The lowest BCUT2D eigenvalue weighted by Crippen LogP contribution is -2.16. The maximum Gasteiger partial charge on any atom is 0.224 e. The molecule has 0 aromatic heterocycles. The Balaban J connectivity index is 1.58. The van der Waals surface area contributed by atoms with Crippen molar-refractivity contribution in [2.75, 3.05) is 18.5 Å². The topological polar surface area (TPSA) is 47.6 Å². The molecule has 2 aromatic carbocycles. The van der Waals surface area contributed by atoms with Crippen molar-refractivity contribution in [3.8, 4) is 11.5 Å². The number of carbonyl (C=O) groups is 1. The average molecular weight is 362 g/mol. The zero-order valence-electron chi connectivity index (χ0n) is 12.0. The van der Waals surface area contributed by atoms with Crippen LogP contribution in [-0.2, 0) is 11.2 Å². The van der Waals surface area contributed by atoms with Gasteiger partial charge in [-0.05, 0) is 52.2 Å². The largest absolute Gasteiger partial charge is 0.486 e. The van der Waals surface area contributed by atoms with E-state index in [1.54, 1.807) is 0 Å². The molecule has 0 saturated carbocycles. The normalized spacial score (nSPS) is 12.8. The highest BCUT2D eigenvalue weighted by atomic mass is 79.9. The molecule has 0 radical (unpaired) electrons. The number of para-hydroxylation sites is 1. The molecule has 0 saturated heterocycles. The molecule has 0 unspecified atom stereocenters. The second-order valence-electron chi connectivity index (χ2n) is 5.01. The fraction of sp³-hybridized carbons (Fsp3) is 0.235. The molecule has 0 aliphatic carbocycles. The van der Waals surface area contributed by atoms with Gasteiger partial charge in [0.15, 0.2) is 11.5 Å². The number of hydrogen-bond donors (Lipinski definition) is 1. The Hall–Kier alpha value is -2.01. The first-order valence-electron chi connectivity index (χ1n) is 7.15. The summed E-state index contributed by atoms with van der Waals surface area (Å²) in [4.78, 5) is 12.0. The first kappa shape index (κ1) is 14.9. The van der Waals surface area contributed by atoms with E-state index in [9.17, 15) is 4.79 Å². The molecule has 1 aliphatic heterocycles. The van der Waals surface area contributed by atoms with Gasteiger partial charge in [0.05, 0.1) is 5.69 Å². The second-order valence-corrected chi connectivity index (χ2v) is 5.86. The van der Waals surface area contributed by atoms with Gasteiger partial charge in [0.1, 0.15) is 13.2 Å². The summed E-state index contributed by atoms with van der Waals surface area (Å²) < 4.78 is 11.9. The Morgan fingerprint density at radius 3 is 2.68 bits per heavy atom. The van der Waals surface area contributed by atoms with Gasteiger partial charge in [0.2, 0.25) is 5.91 Å². The van der Waals surface area contributed by atoms with Crippen LogP contribution in [-0.4, -0.2) is 19.1 Å². The van der Waals surface area contributed by atoms with Crippen LogP contribution >= 0.6 is 15.9 Å². The van der Waals surface area contributed by atoms with Gasteiger partial charge in [0, 0.05) is 10.9 Å². The molecule has 3 rings (SSSR count). The van der Waals surface area contributed by atoms with Gasteiger partial charge < -0.3 is 14.8 Å². The molecular weight excluding hydrogens is 346 g/mol. The minimum atomic E-state index is -0.0122. The number of anilines is 1. The second kappa shape index (κ2) is 6.83. The molecular formula is C17H16BrNO3. The lowest BCUT2D eigenvalue weighted by molar-refractivity contribution is -0.116. The molecule has 0 bridgehead atoms. The number of fused-ring (bicyclic) bond motifs is 1. The van der Waals surface area contributed by atoms with Crippen LogP contribution < -0.4 is 14.8 Å². The van der Waals surface area contributed by atoms with E-state index < -0.39 is 0 Å². The zero-order chi connectivity index (χ0) is 15.4. The van der Waals surface area contributed by atoms with Crippen molar-refractivity contribution >= 4 is 27.5 Å². The van der Waals surface area contributed by atoms with Gasteiger partial charge >= 0.3 is 0 Å².